The molecule has 1 unspecified atom stereocenters. The van der Waals surface area contributed by atoms with Crippen LogP contribution in [0.3, 0.4) is 0 Å². The molecule has 3 nitrogen and oxygen atoms in total. The van der Waals surface area contributed by atoms with Crippen molar-refractivity contribution < 1.29 is 9.53 Å². The summed E-state index contributed by atoms with van der Waals surface area (Å²) in [6.07, 6.45) is 3.04. The van der Waals surface area contributed by atoms with Gasteiger partial charge >= 0.3 is 5.97 Å². The van der Waals surface area contributed by atoms with Crippen molar-refractivity contribution in [1.29, 1.82) is 0 Å². The summed E-state index contributed by atoms with van der Waals surface area (Å²) in [4.78, 5) is 15.0. The molecule has 0 aromatic heterocycles. The van der Waals surface area contributed by atoms with Crippen molar-refractivity contribution in [2.45, 2.75) is 58.2 Å². The van der Waals surface area contributed by atoms with E-state index in [-0.39, 0.29) is 18.1 Å². The number of benzene rings is 2. The zero-order valence-corrected chi connectivity index (χ0v) is 17.6. The van der Waals surface area contributed by atoms with E-state index in [1.165, 1.54) is 11.1 Å². The summed E-state index contributed by atoms with van der Waals surface area (Å²) in [5, 5.41) is 0. The molecule has 0 aliphatic heterocycles. The first-order chi connectivity index (χ1) is 13.3. The van der Waals surface area contributed by atoms with E-state index in [0.29, 0.717) is 13.0 Å². The number of ether oxygens (including phenoxy) is 1. The Morgan fingerprint density at radius 2 is 1.64 bits per heavy atom. The standard InChI is InChI=1S/C25H33NO2/c1-6-17-26(20(2)22-15-11-8-12-16-22)23(18-21-13-9-7-10-14-21)19-24(27)28-25(3,4)5/h6-16,20,23H,1,17-19H2,2-5H3/t20?,23-/m0/s1. The minimum atomic E-state index is -0.483. The van der Waals surface area contributed by atoms with E-state index in [4.69, 9.17) is 4.74 Å². The third-order valence-corrected chi connectivity index (χ3v) is 4.72. The van der Waals surface area contributed by atoms with Crippen LogP contribution in [0.4, 0.5) is 0 Å². The first kappa shape index (κ1) is 21.9. The van der Waals surface area contributed by atoms with Gasteiger partial charge in [0.1, 0.15) is 5.60 Å². The highest BCUT2D eigenvalue weighted by Crippen LogP contribution is 2.26. The van der Waals surface area contributed by atoms with Crippen molar-refractivity contribution in [2.75, 3.05) is 6.54 Å². The Morgan fingerprint density at radius 3 is 2.18 bits per heavy atom. The molecule has 150 valence electrons. The van der Waals surface area contributed by atoms with Crippen molar-refractivity contribution in [3.63, 3.8) is 0 Å². The molecule has 2 rings (SSSR count). The van der Waals surface area contributed by atoms with Gasteiger partial charge in [0.15, 0.2) is 0 Å². The third-order valence-electron chi connectivity index (χ3n) is 4.72. The maximum absolute atomic E-state index is 12.7. The van der Waals surface area contributed by atoms with Crippen molar-refractivity contribution in [3.05, 3.63) is 84.4 Å². The molecule has 0 heterocycles. The molecule has 0 fully saturated rings. The van der Waals surface area contributed by atoms with Crippen LogP contribution in [0.25, 0.3) is 0 Å². The van der Waals surface area contributed by atoms with Gasteiger partial charge in [-0.3, -0.25) is 9.69 Å². The SMILES string of the molecule is C=CCN(C(C)c1ccccc1)[C@H](CC(=O)OC(C)(C)C)Cc1ccccc1. The number of esters is 1. The van der Waals surface area contributed by atoms with Crippen LogP contribution in [0.1, 0.15) is 51.3 Å². The Morgan fingerprint density at radius 1 is 1.07 bits per heavy atom. The van der Waals surface area contributed by atoms with Crippen LogP contribution in [0.5, 0.6) is 0 Å². The number of hydrogen-bond acceptors (Lipinski definition) is 3. The first-order valence-corrected chi connectivity index (χ1v) is 9.97. The Labute approximate surface area is 170 Å². The fraction of sp³-hybridized carbons (Fsp3) is 0.400. The lowest BCUT2D eigenvalue weighted by atomic mass is 9.97. The fourth-order valence-electron chi connectivity index (χ4n) is 3.46. The molecule has 0 radical (unpaired) electrons. The number of carbonyl (C=O) groups excluding carboxylic acids is 1. The fourth-order valence-corrected chi connectivity index (χ4v) is 3.46. The monoisotopic (exact) mass is 379 g/mol. The van der Waals surface area contributed by atoms with Gasteiger partial charge in [-0.25, -0.2) is 0 Å². The summed E-state index contributed by atoms with van der Waals surface area (Å²) < 4.78 is 5.63. The Balaban J connectivity index is 2.29. The highest BCUT2D eigenvalue weighted by molar-refractivity contribution is 5.70. The van der Waals surface area contributed by atoms with Gasteiger partial charge in [0.2, 0.25) is 0 Å². The number of hydrogen-bond donors (Lipinski definition) is 0. The molecular formula is C25H33NO2. The van der Waals surface area contributed by atoms with Crippen LogP contribution in [0.2, 0.25) is 0 Å². The molecule has 28 heavy (non-hydrogen) atoms. The van der Waals surface area contributed by atoms with Crippen LogP contribution in [0, 0.1) is 0 Å². The summed E-state index contributed by atoms with van der Waals surface area (Å²) in [5.41, 5.74) is 1.96. The summed E-state index contributed by atoms with van der Waals surface area (Å²) >= 11 is 0. The average Bonchev–Trinajstić information content (AvgIpc) is 2.65. The lowest BCUT2D eigenvalue weighted by Crippen LogP contribution is -2.41. The topological polar surface area (TPSA) is 29.5 Å². The number of carbonyl (C=O) groups is 1. The van der Waals surface area contributed by atoms with E-state index < -0.39 is 5.60 Å². The van der Waals surface area contributed by atoms with Crippen molar-refractivity contribution in [3.8, 4) is 0 Å². The van der Waals surface area contributed by atoms with Gasteiger partial charge in [-0.1, -0.05) is 66.7 Å². The Kier molecular flexibility index (Phi) is 8.01. The van der Waals surface area contributed by atoms with Gasteiger partial charge < -0.3 is 4.74 Å². The number of rotatable bonds is 9. The summed E-state index contributed by atoms with van der Waals surface area (Å²) in [5.74, 6) is -0.164. The van der Waals surface area contributed by atoms with E-state index in [1.54, 1.807) is 0 Å². The van der Waals surface area contributed by atoms with Crippen LogP contribution in [0.15, 0.2) is 73.3 Å². The van der Waals surface area contributed by atoms with Gasteiger partial charge in [-0.2, -0.15) is 0 Å². The first-order valence-electron chi connectivity index (χ1n) is 9.97. The highest BCUT2D eigenvalue weighted by Gasteiger charge is 2.28. The van der Waals surface area contributed by atoms with Crippen molar-refractivity contribution in [2.24, 2.45) is 0 Å². The van der Waals surface area contributed by atoms with Crippen LogP contribution in [-0.4, -0.2) is 29.1 Å². The molecule has 0 spiro atoms. The quantitative estimate of drug-likeness (QED) is 0.421. The van der Waals surface area contributed by atoms with Gasteiger partial charge in [0.05, 0.1) is 6.42 Å². The van der Waals surface area contributed by atoms with Crippen molar-refractivity contribution >= 4 is 5.97 Å². The van der Waals surface area contributed by atoms with Gasteiger partial charge in [0, 0.05) is 18.6 Å². The molecule has 0 bridgehead atoms. The molecular weight excluding hydrogens is 346 g/mol. The van der Waals surface area contributed by atoms with Crippen LogP contribution in [-0.2, 0) is 16.0 Å². The number of nitrogens with zero attached hydrogens (tertiary/aromatic N) is 1. The molecule has 0 saturated carbocycles. The molecule has 0 saturated heterocycles. The summed E-state index contributed by atoms with van der Waals surface area (Å²) in [6.45, 7) is 12.6. The molecule has 0 amide bonds. The normalized spacial score (nSPS) is 13.8. The van der Waals surface area contributed by atoms with Gasteiger partial charge in [0.25, 0.3) is 0 Å². The minimum Gasteiger partial charge on any atom is -0.460 e. The molecule has 2 aromatic carbocycles. The van der Waals surface area contributed by atoms with E-state index in [2.05, 4.69) is 54.8 Å². The largest absolute Gasteiger partial charge is 0.460 e. The molecule has 3 heteroatoms. The summed E-state index contributed by atoms with van der Waals surface area (Å²) in [7, 11) is 0. The van der Waals surface area contributed by atoms with Crippen LogP contribution < -0.4 is 0 Å². The molecule has 0 aliphatic rings. The van der Waals surface area contributed by atoms with E-state index in [0.717, 1.165) is 6.42 Å². The maximum atomic E-state index is 12.7. The second-order valence-corrected chi connectivity index (χ2v) is 8.21. The second kappa shape index (κ2) is 10.2. The predicted molar refractivity (Wildman–Crippen MR) is 116 cm³/mol. The lowest BCUT2D eigenvalue weighted by Gasteiger charge is -2.36. The Hall–Kier alpha value is -2.39. The average molecular weight is 380 g/mol. The van der Waals surface area contributed by atoms with Crippen LogP contribution >= 0.6 is 0 Å². The predicted octanol–water partition coefficient (Wildman–Crippen LogP) is 5.58. The molecule has 0 N–H and O–H groups in total. The third kappa shape index (κ3) is 6.97. The smallest absolute Gasteiger partial charge is 0.307 e. The van der Waals surface area contributed by atoms with Gasteiger partial charge in [-0.05, 0) is 45.2 Å². The maximum Gasteiger partial charge on any atom is 0.307 e. The second-order valence-electron chi connectivity index (χ2n) is 8.21. The van der Waals surface area contributed by atoms with E-state index >= 15 is 0 Å². The Bertz CT molecular complexity index is 734. The molecule has 2 aromatic rings. The molecule has 0 aliphatic carbocycles. The van der Waals surface area contributed by atoms with E-state index in [9.17, 15) is 4.79 Å². The minimum absolute atomic E-state index is 0.0189. The van der Waals surface area contributed by atoms with E-state index in [1.807, 2.05) is 51.1 Å². The highest BCUT2D eigenvalue weighted by atomic mass is 16.6. The lowest BCUT2D eigenvalue weighted by molar-refractivity contribution is -0.156. The zero-order valence-electron chi connectivity index (χ0n) is 17.6. The van der Waals surface area contributed by atoms with Crippen molar-refractivity contribution in [1.82, 2.24) is 4.90 Å². The zero-order chi connectivity index (χ0) is 20.6. The van der Waals surface area contributed by atoms with Gasteiger partial charge in [-0.15, -0.1) is 6.58 Å². The molecule has 2 atom stereocenters. The summed E-state index contributed by atoms with van der Waals surface area (Å²) in [6, 6.07) is 20.9.